The lowest BCUT2D eigenvalue weighted by atomic mass is 9.80. The van der Waals surface area contributed by atoms with E-state index in [1.165, 1.54) is 0 Å². The number of fused-ring (bicyclic) bond motifs is 1. The zero-order valence-electron chi connectivity index (χ0n) is 20.6. The molecule has 1 aliphatic rings. The van der Waals surface area contributed by atoms with Crippen LogP contribution in [0.1, 0.15) is 25.3 Å². The Labute approximate surface area is 212 Å². The van der Waals surface area contributed by atoms with Crippen LogP contribution in [0.15, 0.2) is 103 Å². The van der Waals surface area contributed by atoms with Crippen LogP contribution in [0.3, 0.4) is 0 Å². The summed E-state index contributed by atoms with van der Waals surface area (Å²) in [5.74, 6) is -0.00171. The fraction of sp³-hybridized carbons (Fsp3) is 0.226. The van der Waals surface area contributed by atoms with Crippen molar-refractivity contribution in [2.45, 2.75) is 25.3 Å². The molecular formula is C31H31N3O2. The van der Waals surface area contributed by atoms with Crippen LogP contribution in [-0.2, 0) is 15.1 Å². The van der Waals surface area contributed by atoms with Crippen molar-refractivity contribution in [3.8, 4) is 0 Å². The highest BCUT2D eigenvalue weighted by Crippen LogP contribution is 2.34. The fourth-order valence-corrected chi connectivity index (χ4v) is 5.26. The van der Waals surface area contributed by atoms with E-state index in [0.717, 1.165) is 53.6 Å². The molecule has 0 atom stereocenters. The first-order valence-corrected chi connectivity index (χ1v) is 12.5. The van der Waals surface area contributed by atoms with Gasteiger partial charge in [-0.25, -0.2) is 0 Å². The van der Waals surface area contributed by atoms with Gasteiger partial charge in [-0.2, -0.15) is 0 Å². The smallest absolute Gasteiger partial charge is 0.245 e. The maximum absolute atomic E-state index is 13.8. The van der Waals surface area contributed by atoms with Crippen LogP contribution in [0.4, 0.5) is 11.4 Å². The molecule has 36 heavy (non-hydrogen) atoms. The number of hydrogen-bond acceptors (Lipinski definition) is 3. The molecule has 4 aromatic carbocycles. The van der Waals surface area contributed by atoms with E-state index in [-0.39, 0.29) is 11.8 Å². The monoisotopic (exact) mass is 477 g/mol. The molecule has 0 saturated carbocycles. The average molecular weight is 478 g/mol. The largest absolute Gasteiger partial charge is 0.347 e. The second kappa shape index (κ2) is 10.3. The highest BCUT2D eigenvalue weighted by Gasteiger charge is 2.37. The van der Waals surface area contributed by atoms with E-state index in [0.29, 0.717) is 6.54 Å². The van der Waals surface area contributed by atoms with Crippen LogP contribution in [0.2, 0.25) is 0 Å². The van der Waals surface area contributed by atoms with Crippen molar-refractivity contribution in [1.82, 2.24) is 10.2 Å². The molecule has 182 valence electrons. The zero-order valence-corrected chi connectivity index (χ0v) is 20.6. The zero-order chi connectivity index (χ0) is 25.0. The third kappa shape index (κ3) is 5.02. The van der Waals surface area contributed by atoms with E-state index in [1.807, 2.05) is 71.6 Å². The quantitative estimate of drug-likeness (QED) is 0.391. The highest BCUT2D eigenvalue weighted by molar-refractivity contribution is 6.03. The molecule has 0 bridgehead atoms. The summed E-state index contributed by atoms with van der Waals surface area (Å²) in [5, 5.41) is 5.46. The van der Waals surface area contributed by atoms with Gasteiger partial charge in [0.1, 0.15) is 0 Å². The first-order valence-electron chi connectivity index (χ1n) is 12.5. The van der Waals surface area contributed by atoms with E-state index >= 15 is 0 Å². The molecule has 5 nitrogen and oxygen atoms in total. The summed E-state index contributed by atoms with van der Waals surface area (Å²) < 4.78 is 0. The molecule has 0 aliphatic carbocycles. The number of carbonyl (C=O) groups is 2. The molecule has 0 unspecified atom stereocenters. The molecule has 4 aromatic rings. The molecular weight excluding hydrogens is 446 g/mol. The van der Waals surface area contributed by atoms with Crippen LogP contribution < -0.4 is 10.2 Å². The summed E-state index contributed by atoms with van der Waals surface area (Å²) in [6.45, 7) is 3.33. The standard InChI is InChI=1S/C31H31N3O2/c1-24(35)32-31(27-12-4-2-5-13-27)18-20-33(21-19-31)23-30(36)34(28-14-6-3-7-15-28)29-17-16-25-10-8-9-11-26(25)22-29/h2-17,22H,18-21,23H2,1H3,(H,32,35). The molecule has 5 heteroatoms. The molecule has 1 fully saturated rings. The topological polar surface area (TPSA) is 52.7 Å². The summed E-state index contributed by atoms with van der Waals surface area (Å²) in [5.41, 5.74) is 2.43. The molecule has 0 aromatic heterocycles. The van der Waals surface area contributed by atoms with Crippen LogP contribution in [0.25, 0.3) is 10.8 Å². The second-order valence-corrected chi connectivity index (χ2v) is 9.50. The Hall–Kier alpha value is -3.96. The first-order chi connectivity index (χ1) is 17.5. The Kier molecular flexibility index (Phi) is 6.83. The predicted octanol–water partition coefficient (Wildman–Crippen LogP) is 5.63. The van der Waals surface area contributed by atoms with Crippen molar-refractivity contribution in [1.29, 1.82) is 0 Å². The Balaban J connectivity index is 1.37. The lowest BCUT2D eigenvalue weighted by molar-refractivity contribution is -0.123. The minimum atomic E-state index is -0.399. The van der Waals surface area contributed by atoms with Crippen molar-refractivity contribution in [3.63, 3.8) is 0 Å². The van der Waals surface area contributed by atoms with Crippen LogP contribution in [-0.4, -0.2) is 36.3 Å². The van der Waals surface area contributed by atoms with Gasteiger partial charge in [0.05, 0.1) is 12.1 Å². The lowest BCUT2D eigenvalue weighted by Crippen LogP contribution is -2.53. The summed E-state index contributed by atoms with van der Waals surface area (Å²) in [7, 11) is 0. The Morgan fingerprint density at radius 3 is 2.06 bits per heavy atom. The summed E-state index contributed by atoms with van der Waals surface area (Å²) in [4.78, 5) is 29.8. The maximum Gasteiger partial charge on any atom is 0.245 e. The first kappa shape index (κ1) is 23.8. The van der Waals surface area contributed by atoms with Gasteiger partial charge in [0.2, 0.25) is 11.8 Å². The highest BCUT2D eigenvalue weighted by atomic mass is 16.2. The molecule has 0 spiro atoms. The Morgan fingerprint density at radius 2 is 1.39 bits per heavy atom. The van der Waals surface area contributed by atoms with Crippen LogP contribution in [0.5, 0.6) is 0 Å². The van der Waals surface area contributed by atoms with Gasteiger partial charge in [-0.3, -0.25) is 19.4 Å². The second-order valence-electron chi connectivity index (χ2n) is 9.50. The Morgan fingerprint density at radius 1 is 0.778 bits per heavy atom. The van der Waals surface area contributed by atoms with Crippen LogP contribution in [0, 0.1) is 0 Å². The van der Waals surface area contributed by atoms with Crippen molar-refractivity contribution in [2.24, 2.45) is 0 Å². The van der Waals surface area contributed by atoms with Gasteiger partial charge in [0.25, 0.3) is 0 Å². The van der Waals surface area contributed by atoms with Gasteiger partial charge >= 0.3 is 0 Å². The molecule has 5 rings (SSSR count). The molecule has 0 radical (unpaired) electrons. The number of carbonyl (C=O) groups excluding carboxylic acids is 2. The van der Waals surface area contributed by atoms with Gasteiger partial charge in [0.15, 0.2) is 0 Å². The third-order valence-corrected chi connectivity index (χ3v) is 7.07. The molecule has 1 saturated heterocycles. The van der Waals surface area contributed by atoms with Gasteiger partial charge in [0, 0.05) is 31.4 Å². The predicted molar refractivity (Wildman–Crippen MR) is 145 cm³/mol. The normalized spacial score (nSPS) is 15.4. The van der Waals surface area contributed by atoms with Gasteiger partial charge < -0.3 is 5.32 Å². The number of amides is 2. The van der Waals surface area contributed by atoms with Crippen molar-refractivity contribution in [2.75, 3.05) is 24.5 Å². The van der Waals surface area contributed by atoms with Gasteiger partial charge in [-0.15, -0.1) is 0 Å². The van der Waals surface area contributed by atoms with Crippen LogP contribution >= 0.6 is 0 Å². The van der Waals surface area contributed by atoms with E-state index in [9.17, 15) is 9.59 Å². The fourth-order valence-electron chi connectivity index (χ4n) is 5.26. The molecule has 1 heterocycles. The average Bonchev–Trinajstić information content (AvgIpc) is 2.91. The lowest BCUT2D eigenvalue weighted by Gasteiger charge is -2.42. The van der Waals surface area contributed by atoms with E-state index in [4.69, 9.17) is 0 Å². The number of anilines is 2. The SMILES string of the molecule is CC(=O)NC1(c2ccccc2)CCN(CC(=O)N(c2ccccc2)c2ccc3ccccc3c2)CC1. The number of piperidine rings is 1. The van der Waals surface area contributed by atoms with E-state index in [2.05, 4.69) is 46.6 Å². The number of benzene rings is 4. The third-order valence-electron chi connectivity index (χ3n) is 7.07. The number of rotatable bonds is 6. The number of nitrogens with zero attached hydrogens (tertiary/aromatic N) is 2. The molecule has 2 amide bonds. The minimum absolute atomic E-state index is 0.0308. The maximum atomic E-state index is 13.8. The minimum Gasteiger partial charge on any atom is -0.347 e. The van der Waals surface area contributed by atoms with Crippen molar-refractivity contribution >= 4 is 34.0 Å². The summed E-state index contributed by atoms with van der Waals surface area (Å²) in [6, 6.07) is 34.3. The summed E-state index contributed by atoms with van der Waals surface area (Å²) >= 11 is 0. The number of para-hydroxylation sites is 1. The number of nitrogens with one attached hydrogen (secondary N) is 1. The Bertz CT molecular complexity index is 1350. The number of hydrogen-bond donors (Lipinski definition) is 1. The van der Waals surface area contributed by atoms with E-state index < -0.39 is 5.54 Å². The molecule has 1 aliphatic heterocycles. The van der Waals surface area contributed by atoms with Gasteiger partial charge in [-0.1, -0.05) is 78.9 Å². The van der Waals surface area contributed by atoms with E-state index in [1.54, 1.807) is 6.92 Å². The molecule has 1 N–H and O–H groups in total. The summed E-state index contributed by atoms with van der Waals surface area (Å²) in [6.07, 6.45) is 1.51. The number of likely N-dealkylation sites (tertiary alicyclic amines) is 1. The van der Waals surface area contributed by atoms with Crippen molar-refractivity contribution < 1.29 is 9.59 Å². The van der Waals surface area contributed by atoms with Crippen molar-refractivity contribution in [3.05, 3.63) is 109 Å². The van der Waals surface area contributed by atoms with Gasteiger partial charge in [-0.05, 0) is 53.4 Å².